The highest BCUT2D eigenvalue weighted by Crippen LogP contribution is 2.49. The van der Waals surface area contributed by atoms with Crippen molar-refractivity contribution in [1.82, 2.24) is 19.9 Å². The first kappa shape index (κ1) is 31.3. The second-order valence-electron chi connectivity index (χ2n) is 11.5. The monoisotopic (exact) mass is 668 g/mol. The number of unbranched alkanes of at least 4 members (excludes halogenated alkanes) is 2. The van der Waals surface area contributed by atoms with Gasteiger partial charge in [-0.2, -0.15) is 0 Å². The van der Waals surface area contributed by atoms with Gasteiger partial charge in [-0.15, -0.1) is 34.0 Å². The first-order valence-corrected chi connectivity index (χ1v) is 18.8. The Labute approximate surface area is 288 Å². The zero-order chi connectivity index (χ0) is 32.0. The highest BCUT2D eigenvalue weighted by molar-refractivity contribution is 7.28. The van der Waals surface area contributed by atoms with Gasteiger partial charge in [-0.25, -0.2) is 0 Å². The predicted molar refractivity (Wildman–Crippen MR) is 201 cm³/mol. The van der Waals surface area contributed by atoms with Crippen LogP contribution in [0.2, 0.25) is 0 Å². The lowest BCUT2D eigenvalue weighted by Gasteiger charge is -2.08. The zero-order valence-electron chi connectivity index (χ0n) is 26.6. The van der Waals surface area contributed by atoms with E-state index in [1.54, 1.807) is 11.1 Å². The second-order valence-corrected chi connectivity index (χ2v) is 14.7. The highest BCUT2D eigenvalue weighted by atomic mass is 32.1. The minimum atomic E-state index is 0.895. The summed E-state index contributed by atoms with van der Waals surface area (Å²) in [5, 5.41) is 0. The Bertz CT molecular complexity index is 1930. The molecule has 7 rings (SSSR count). The molecule has 7 heteroatoms. The molecule has 7 aromatic rings. The number of pyridine rings is 4. The van der Waals surface area contributed by atoms with Gasteiger partial charge in [-0.3, -0.25) is 19.9 Å². The second kappa shape index (κ2) is 14.6. The molecule has 0 aliphatic carbocycles. The van der Waals surface area contributed by atoms with Crippen molar-refractivity contribution in [2.45, 2.75) is 52.4 Å². The molecule has 0 aromatic carbocycles. The molecule has 234 valence electrons. The van der Waals surface area contributed by atoms with Crippen molar-refractivity contribution in [2.24, 2.45) is 0 Å². The minimum Gasteiger partial charge on any atom is -0.255 e. The van der Waals surface area contributed by atoms with E-state index in [0.717, 1.165) is 35.6 Å². The van der Waals surface area contributed by atoms with Gasteiger partial charge in [-0.05, 0) is 121 Å². The fourth-order valence-electron chi connectivity index (χ4n) is 5.84. The quantitative estimate of drug-likeness (QED) is 0.130. The maximum atomic E-state index is 4.61. The third-order valence-corrected chi connectivity index (χ3v) is 12.2. The number of thiophene rings is 3. The van der Waals surface area contributed by atoms with Crippen LogP contribution in [0.15, 0.2) is 110 Å². The number of hydrogen-bond acceptors (Lipinski definition) is 7. The van der Waals surface area contributed by atoms with E-state index in [0.29, 0.717) is 0 Å². The van der Waals surface area contributed by atoms with Crippen LogP contribution in [-0.4, -0.2) is 19.9 Å². The molecule has 0 saturated carbocycles. The average Bonchev–Trinajstić information content (AvgIpc) is 3.90. The third kappa shape index (κ3) is 6.89. The number of rotatable bonds is 12. The van der Waals surface area contributed by atoms with Gasteiger partial charge in [0.25, 0.3) is 0 Å². The van der Waals surface area contributed by atoms with Crippen molar-refractivity contribution in [2.75, 3.05) is 0 Å². The van der Waals surface area contributed by atoms with Crippen molar-refractivity contribution in [3.8, 4) is 63.2 Å². The summed E-state index contributed by atoms with van der Waals surface area (Å²) >= 11 is 5.76. The largest absolute Gasteiger partial charge is 0.255 e. The summed E-state index contributed by atoms with van der Waals surface area (Å²) in [5.74, 6) is 0. The van der Waals surface area contributed by atoms with Crippen LogP contribution >= 0.6 is 34.0 Å². The molecular weight excluding hydrogens is 633 g/mol. The molecule has 0 fully saturated rings. The molecule has 0 radical (unpaired) electrons. The SMILES string of the molecule is CCCCc1c(-c2ccc(-c3ccnc(-c4ccccn4)c3)s2)sc(-c2ccc(-c3ccnc(-c4ccccn4)c3)s2)c1CCCC. The van der Waals surface area contributed by atoms with Crippen LogP contribution < -0.4 is 0 Å². The van der Waals surface area contributed by atoms with Crippen LogP contribution in [0.4, 0.5) is 0 Å². The van der Waals surface area contributed by atoms with E-state index in [9.17, 15) is 0 Å². The summed E-state index contributed by atoms with van der Waals surface area (Å²) in [6.45, 7) is 4.59. The molecule has 0 aliphatic rings. The Morgan fingerprint density at radius 3 is 1.32 bits per heavy atom. The summed E-state index contributed by atoms with van der Waals surface area (Å²) in [7, 11) is 0. The summed E-state index contributed by atoms with van der Waals surface area (Å²) in [4.78, 5) is 26.3. The minimum absolute atomic E-state index is 0.895. The lowest BCUT2D eigenvalue weighted by atomic mass is 9.97. The van der Waals surface area contributed by atoms with E-state index < -0.39 is 0 Å². The lowest BCUT2D eigenvalue weighted by molar-refractivity contribution is 0.764. The van der Waals surface area contributed by atoms with Gasteiger partial charge in [-0.1, -0.05) is 38.8 Å². The fraction of sp³-hybridized carbons (Fsp3) is 0.200. The molecule has 0 unspecified atom stereocenters. The van der Waals surface area contributed by atoms with Gasteiger partial charge in [0.2, 0.25) is 0 Å². The van der Waals surface area contributed by atoms with Crippen molar-refractivity contribution in [3.05, 3.63) is 121 Å². The highest BCUT2D eigenvalue weighted by Gasteiger charge is 2.22. The molecular formula is C40H36N4S3. The molecule has 0 amide bonds. The van der Waals surface area contributed by atoms with E-state index in [1.165, 1.54) is 66.1 Å². The molecule has 0 N–H and O–H groups in total. The van der Waals surface area contributed by atoms with Gasteiger partial charge < -0.3 is 0 Å². The van der Waals surface area contributed by atoms with Crippen LogP contribution in [0.1, 0.15) is 50.7 Å². The molecule has 47 heavy (non-hydrogen) atoms. The Hall–Kier alpha value is -4.30. The van der Waals surface area contributed by atoms with Crippen LogP contribution in [0.3, 0.4) is 0 Å². The maximum absolute atomic E-state index is 4.61. The van der Waals surface area contributed by atoms with E-state index >= 15 is 0 Å². The molecule has 0 atom stereocenters. The van der Waals surface area contributed by atoms with Crippen molar-refractivity contribution >= 4 is 34.0 Å². The number of nitrogens with zero attached hydrogens (tertiary/aromatic N) is 4. The number of aromatic nitrogens is 4. The Balaban J connectivity index is 1.26. The first-order valence-electron chi connectivity index (χ1n) is 16.3. The van der Waals surface area contributed by atoms with E-state index in [2.05, 4.69) is 82.3 Å². The van der Waals surface area contributed by atoms with Crippen LogP contribution in [-0.2, 0) is 12.8 Å². The van der Waals surface area contributed by atoms with Gasteiger partial charge in [0.1, 0.15) is 0 Å². The first-order chi connectivity index (χ1) is 23.2. The van der Waals surface area contributed by atoms with Crippen LogP contribution in [0.5, 0.6) is 0 Å². The van der Waals surface area contributed by atoms with Crippen molar-refractivity contribution in [3.63, 3.8) is 0 Å². The van der Waals surface area contributed by atoms with Crippen molar-refractivity contribution in [1.29, 1.82) is 0 Å². The molecule has 0 bridgehead atoms. The van der Waals surface area contributed by atoms with Crippen molar-refractivity contribution < 1.29 is 0 Å². The average molecular weight is 669 g/mol. The molecule has 4 nitrogen and oxygen atoms in total. The smallest absolute Gasteiger partial charge is 0.0892 e. The molecule has 7 heterocycles. The summed E-state index contributed by atoms with van der Waals surface area (Å²) in [6, 6.07) is 29.7. The topological polar surface area (TPSA) is 51.6 Å². The zero-order valence-corrected chi connectivity index (χ0v) is 29.1. The normalized spacial score (nSPS) is 11.3. The van der Waals surface area contributed by atoms with E-state index in [1.807, 2.05) is 95.2 Å². The van der Waals surface area contributed by atoms with Gasteiger partial charge in [0, 0.05) is 54.1 Å². The Kier molecular flexibility index (Phi) is 9.75. The van der Waals surface area contributed by atoms with Crippen LogP contribution in [0, 0.1) is 0 Å². The van der Waals surface area contributed by atoms with Gasteiger partial charge >= 0.3 is 0 Å². The van der Waals surface area contributed by atoms with Gasteiger partial charge in [0.15, 0.2) is 0 Å². The van der Waals surface area contributed by atoms with E-state index in [4.69, 9.17) is 0 Å². The molecule has 0 spiro atoms. The third-order valence-electron chi connectivity index (χ3n) is 8.28. The fourth-order valence-corrected chi connectivity index (χ4v) is 9.52. The van der Waals surface area contributed by atoms with Gasteiger partial charge in [0.05, 0.1) is 22.8 Å². The predicted octanol–water partition coefficient (Wildman–Crippen LogP) is 12.1. The maximum Gasteiger partial charge on any atom is 0.0892 e. The number of hydrogen-bond donors (Lipinski definition) is 0. The summed E-state index contributed by atoms with van der Waals surface area (Å²) < 4.78 is 0. The summed E-state index contributed by atoms with van der Waals surface area (Å²) in [6.07, 6.45) is 14.4. The van der Waals surface area contributed by atoms with Crippen LogP contribution in [0.25, 0.3) is 63.2 Å². The molecule has 0 saturated heterocycles. The van der Waals surface area contributed by atoms with E-state index in [-0.39, 0.29) is 0 Å². The lowest BCUT2D eigenvalue weighted by Crippen LogP contribution is -1.94. The standard InChI is InChI=1S/C40H36N4S3/c1-3-5-11-29-30(12-6-4-2)40(38-18-16-36(46-38)28-20-24-44-34(26-28)32-14-8-10-22-42-32)47-39(29)37-17-15-35(45-37)27-19-23-43-33(25-27)31-13-7-9-21-41-31/h7-10,13-26H,3-6,11-12H2,1-2H3. The molecule has 0 aliphatic heterocycles. The Morgan fingerprint density at radius 2 is 0.894 bits per heavy atom. The Morgan fingerprint density at radius 1 is 0.447 bits per heavy atom. The summed E-state index contributed by atoms with van der Waals surface area (Å²) in [5.41, 5.74) is 9.05. The molecule has 7 aromatic heterocycles.